The van der Waals surface area contributed by atoms with Crippen molar-refractivity contribution in [2.45, 2.75) is 149 Å². The lowest BCUT2D eigenvalue weighted by molar-refractivity contribution is -0.128. The van der Waals surface area contributed by atoms with Gasteiger partial charge in [-0.1, -0.05) is 117 Å². The molecule has 32 heavy (non-hydrogen) atoms. The summed E-state index contributed by atoms with van der Waals surface area (Å²) < 4.78 is 0. The topological polar surface area (TPSA) is 37.4 Å². The molecule has 0 N–H and O–H groups in total. The molecule has 0 heterocycles. The average molecular weight is 452 g/mol. The molecule has 0 saturated heterocycles. The smallest absolute Gasteiger partial charge is 0.137 e. The number of nitrogens with zero attached hydrogens (tertiary/aromatic N) is 1. The predicted molar refractivity (Wildman–Crippen MR) is 140 cm³/mol. The van der Waals surface area contributed by atoms with Gasteiger partial charge in [0.05, 0.1) is 0 Å². The Hall–Kier alpha value is -0.700. The van der Waals surface area contributed by atoms with E-state index in [1.54, 1.807) is 0 Å². The first-order valence-electron chi connectivity index (χ1n) is 14.2. The third-order valence-electron chi connectivity index (χ3n) is 6.60. The van der Waals surface area contributed by atoms with Crippen molar-refractivity contribution in [2.75, 3.05) is 20.6 Å². The lowest BCUT2D eigenvalue weighted by atomic mass is 9.91. The van der Waals surface area contributed by atoms with Crippen LogP contribution in [-0.2, 0) is 9.59 Å². The lowest BCUT2D eigenvalue weighted by Crippen LogP contribution is -2.29. The zero-order chi connectivity index (χ0) is 23.9. The van der Waals surface area contributed by atoms with E-state index in [2.05, 4.69) is 18.7 Å². The van der Waals surface area contributed by atoms with Crippen LogP contribution < -0.4 is 0 Å². The molecular weight excluding hydrogens is 394 g/mol. The van der Waals surface area contributed by atoms with E-state index in [4.69, 9.17) is 0 Å². The molecule has 0 aliphatic heterocycles. The first-order chi connectivity index (χ1) is 15.5. The van der Waals surface area contributed by atoms with E-state index in [-0.39, 0.29) is 5.92 Å². The highest BCUT2D eigenvalue weighted by molar-refractivity contribution is 5.88. The van der Waals surface area contributed by atoms with Crippen LogP contribution in [0.15, 0.2) is 0 Å². The number of hydrogen-bond donors (Lipinski definition) is 0. The normalized spacial score (nSPS) is 12.4. The SMILES string of the molecule is CCCCCCCCCCCC(=O)CC(CN(C)C)C(=O)CCCCCCCCCCC. The Balaban J connectivity index is 3.93. The molecule has 3 heteroatoms. The number of hydrogen-bond acceptors (Lipinski definition) is 3. The van der Waals surface area contributed by atoms with Crippen molar-refractivity contribution in [3.05, 3.63) is 0 Å². The molecule has 0 aliphatic rings. The number of carbonyl (C=O) groups is 2. The summed E-state index contributed by atoms with van der Waals surface area (Å²) in [5, 5.41) is 0. The van der Waals surface area contributed by atoms with Crippen LogP contribution in [-0.4, -0.2) is 37.1 Å². The van der Waals surface area contributed by atoms with E-state index in [0.29, 0.717) is 37.4 Å². The molecule has 1 atom stereocenters. The van der Waals surface area contributed by atoms with E-state index < -0.39 is 0 Å². The molecular formula is C29H57NO2. The van der Waals surface area contributed by atoms with Crippen molar-refractivity contribution in [1.82, 2.24) is 4.90 Å². The molecule has 1 unspecified atom stereocenters. The Kier molecular flexibility index (Phi) is 22.9. The van der Waals surface area contributed by atoms with Crippen molar-refractivity contribution in [2.24, 2.45) is 5.92 Å². The minimum atomic E-state index is -0.106. The van der Waals surface area contributed by atoms with Crippen molar-refractivity contribution in [3.8, 4) is 0 Å². The second-order valence-corrected chi connectivity index (χ2v) is 10.3. The average Bonchev–Trinajstić information content (AvgIpc) is 2.76. The number of carbonyl (C=O) groups excluding carboxylic acids is 2. The number of ketones is 2. The van der Waals surface area contributed by atoms with E-state index >= 15 is 0 Å². The van der Waals surface area contributed by atoms with Crippen molar-refractivity contribution >= 4 is 11.6 Å². The second-order valence-electron chi connectivity index (χ2n) is 10.3. The van der Waals surface area contributed by atoms with Crippen LogP contribution >= 0.6 is 0 Å². The van der Waals surface area contributed by atoms with Gasteiger partial charge in [-0.05, 0) is 26.9 Å². The minimum absolute atomic E-state index is 0.106. The Bertz CT molecular complexity index is 433. The summed E-state index contributed by atoms with van der Waals surface area (Å²) in [6, 6.07) is 0. The van der Waals surface area contributed by atoms with Gasteiger partial charge in [0.2, 0.25) is 0 Å². The zero-order valence-corrected chi connectivity index (χ0v) is 22.4. The summed E-state index contributed by atoms with van der Waals surface area (Å²) in [6.45, 7) is 5.22. The molecule has 0 amide bonds. The van der Waals surface area contributed by atoms with E-state index in [0.717, 1.165) is 25.7 Å². The van der Waals surface area contributed by atoms with Crippen LogP contribution in [0.4, 0.5) is 0 Å². The summed E-state index contributed by atoms with van der Waals surface area (Å²) >= 11 is 0. The number of unbranched alkanes of at least 4 members (excludes halogenated alkanes) is 16. The summed E-state index contributed by atoms with van der Waals surface area (Å²) in [6.07, 6.45) is 24.6. The van der Waals surface area contributed by atoms with Gasteiger partial charge in [0.25, 0.3) is 0 Å². The lowest BCUT2D eigenvalue weighted by Gasteiger charge is -2.19. The highest BCUT2D eigenvalue weighted by Crippen LogP contribution is 2.17. The van der Waals surface area contributed by atoms with E-state index in [9.17, 15) is 9.59 Å². The Morgan fingerprint density at radius 3 is 1.34 bits per heavy atom. The monoisotopic (exact) mass is 451 g/mol. The Morgan fingerprint density at radius 1 is 0.562 bits per heavy atom. The van der Waals surface area contributed by atoms with Gasteiger partial charge in [-0.3, -0.25) is 9.59 Å². The molecule has 190 valence electrons. The van der Waals surface area contributed by atoms with Gasteiger partial charge in [-0.15, -0.1) is 0 Å². The molecule has 0 saturated carbocycles. The highest BCUT2D eigenvalue weighted by atomic mass is 16.1. The number of rotatable bonds is 25. The van der Waals surface area contributed by atoms with Gasteiger partial charge in [-0.25, -0.2) is 0 Å². The molecule has 0 aromatic rings. The van der Waals surface area contributed by atoms with Gasteiger partial charge in [-0.2, -0.15) is 0 Å². The molecule has 0 aliphatic carbocycles. The first kappa shape index (κ1) is 31.3. The fraction of sp³-hybridized carbons (Fsp3) is 0.931. The molecule has 0 rings (SSSR count). The third kappa shape index (κ3) is 21.2. The molecule has 0 fully saturated rings. The second kappa shape index (κ2) is 23.5. The maximum atomic E-state index is 12.8. The molecule has 0 bridgehead atoms. The largest absolute Gasteiger partial charge is 0.309 e. The molecule has 3 nitrogen and oxygen atoms in total. The molecule has 0 radical (unpaired) electrons. The van der Waals surface area contributed by atoms with E-state index in [1.807, 2.05) is 14.1 Å². The molecule has 0 aromatic heterocycles. The van der Waals surface area contributed by atoms with Crippen LogP contribution in [0.5, 0.6) is 0 Å². The highest BCUT2D eigenvalue weighted by Gasteiger charge is 2.21. The van der Waals surface area contributed by atoms with E-state index in [1.165, 1.54) is 89.9 Å². The van der Waals surface area contributed by atoms with Crippen LogP contribution in [0, 0.1) is 5.92 Å². The molecule has 0 aromatic carbocycles. The van der Waals surface area contributed by atoms with Crippen LogP contribution in [0.2, 0.25) is 0 Å². The quantitative estimate of drug-likeness (QED) is 0.130. The van der Waals surface area contributed by atoms with Crippen molar-refractivity contribution in [3.63, 3.8) is 0 Å². The van der Waals surface area contributed by atoms with Gasteiger partial charge >= 0.3 is 0 Å². The molecule has 0 spiro atoms. The van der Waals surface area contributed by atoms with Crippen LogP contribution in [0.1, 0.15) is 149 Å². The fourth-order valence-electron chi connectivity index (χ4n) is 4.54. The van der Waals surface area contributed by atoms with Crippen molar-refractivity contribution < 1.29 is 9.59 Å². The fourth-order valence-corrected chi connectivity index (χ4v) is 4.54. The zero-order valence-electron chi connectivity index (χ0n) is 22.4. The summed E-state index contributed by atoms with van der Waals surface area (Å²) in [5.74, 6) is 0.493. The van der Waals surface area contributed by atoms with Gasteiger partial charge in [0, 0.05) is 31.7 Å². The third-order valence-corrected chi connectivity index (χ3v) is 6.60. The number of Topliss-reactive ketones (excluding diaryl/α,β-unsaturated/α-hetero) is 2. The summed E-state index contributed by atoms with van der Waals surface area (Å²) in [4.78, 5) is 27.3. The maximum Gasteiger partial charge on any atom is 0.137 e. The standard InChI is InChI=1S/C29H57NO2/c1-5-7-9-11-13-15-17-19-21-23-28(31)25-27(26-30(3)4)29(32)24-22-20-18-16-14-12-10-8-6-2/h27H,5-26H2,1-4H3. The van der Waals surface area contributed by atoms with Gasteiger partial charge in [0.1, 0.15) is 11.6 Å². The maximum absolute atomic E-state index is 12.8. The van der Waals surface area contributed by atoms with Crippen LogP contribution in [0.25, 0.3) is 0 Å². The van der Waals surface area contributed by atoms with Crippen molar-refractivity contribution in [1.29, 1.82) is 0 Å². The predicted octanol–water partition coefficient (Wildman–Crippen LogP) is 8.53. The summed E-state index contributed by atoms with van der Waals surface area (Å²) in [5.41, 5.74) is 0. The Labute approximate surface area is 201 Å². The van der Waals surface area contributed by atoms with Crippen LogP contribution in [0.3, 0.4) is 0 Å². The van der Waals surface area contributed by atoms with Gasteiger partial charge < -0.3 is 4.90 Å². The minimum Gasteiger partial charge on any atom is -0.309 e. The summed E-state index contributed by atoms with van der Waals surface area (Å²) in [7, 11) is 4.01. The Morgan fingerprint density at radius 2 is 0.938 bits per heavy atom. The van der Waals surface area contributed by atoms with Gasteiger partial charge in [0.15, 0.2) is 0 Å². The first-order valence-corrected chi connectivity index (χ1v) is 14.2.